The summed E-state index contributed by atoms with van der Waals surface area (Å²) in [5.74, 6) is 0. The monoisotopic (exact) mass is 125 g/mol. The van der Waals surface area contributed by atoms with Crippen molar-refractivity contribution in [2.45, 2.75) is 32.1 Å². The maximum atomic E-state index is 1.50. The Labute approximate surface area is 49.8 Å². The predicted molar refractivity (Wildman–Crippen MR) is 23.1 cm³/mol. The van der Waals surface area contributed by atoms with E-state index in [2.05, 4.69) is 0 Å². The van der Waals surface area contributed by atoms with E-state index in [4.69, 9.17) is 0 Å². The summed E-state index contributed by atoms with van der Waals surface area (Å²) in [4.78, 5) is 0. The van der Waals surface area contributed by atoms with Crippen LogP contribution in [0.4, 0.5) is 0 Å². The van der Waals surface area contributed by atoms with Gasteiger partial charge in [-0.05, 0) is 0 Å². The summed E-state index contributed by atoms with van der Waals surface area (Å²) < 4.78 is 0. The minimum Gasteiger partial charge on any atom is -0.0533 e. The minimum absolute atomic E-state index is 0. The van der Waals surface area contributed by atoms with Gasteiger partial charge in [-0.2, -0.15) is 0 Å². The molecule has 1 fully saturated rings. The molecular formula is C5H10Mn. The average Bonchev–Trinajstić information content (AvgIpc) is 1.76. The molecule has 1 aliphatic carbocycles. The van der Waals surface area contributed by atoms with Crippen LogP contribution in [0.1, 0.15) is 32.1 Å². The molecule has 0 amide bonds. The van der Waals surface area contributed by atoms with Gasteiger partial charge in [0, 0.05) is 17.1 Å². The Morgan fingerprint density at radius 2 is 0.667 bits per heavy atom. The van der Waals surface area contributed by atoms with Crippen molar-refractivity contribution in [1.29, 1.82) is 0 Å². The van der Waals surface area contributed by atoms with Gasteiger partial charge >= 0.3 is 0 Å². The Hall–Kier alpha value is 0.519. The van der Waals surface area contributed by atoms with Crippen LogP contribution in [0.25, 0.3) is 0 Å². The zero-order chi connectivity index (χ0) is 3.54. The Kier molecular flexibility index (Phi) is 4.02. The first-order chi connectivity index (χ1) is 2.50. The molecule has 1 aliphatic rings. The Bertz CT molecular complexity index is 15.5. The van der Waals surface area contributed by atoms with Gasteiger partial charge in [-0.15, -0.1) is 0 Å². The quantitative estimate of drug-likeness (QED) is 0.434. The standard InChI is InChI=1S/C5H10.Mn/c1-2-4-5-3-1;/h1-5H2;. The van der Waals surface area contributed by atoms with Crippen molar-refractivity contribution < 1.29 is 17.1 Å². The first-order valence-electron chi connectivity index (χ1n) is 2.50. The molecule has 37 valence electrons. The van der Waals surface area contributed by atoms with Crippen LogP contribution in [0, 0.1) is 0 Å². The van der Waals surface area contributed by atoms with Crippen molar-refractivity contribution in [3.05, 3.63) is 0 Å². The Balaban J connectivity index is 0.000000250. The predicted octanol–water partition coefficient (Wildman–Crippen LogP) is 1.95. The number of rotatable bonds is 0. The topological polar surface area (TPSA) is 0 Å². The fourth-order valence-electron chi connectivity index (χ4n) is 0.884. The van der Waals surface area contributed by atoms with Crippen molar-refractivity contribution in [2.24, 2.45) is 0 Å². The van der Waals surface area contributed by atoms with Gasteiger partial charge in [-0.3, -0.25) is 0 Å². The van der Waals surface area contributed by atoms with Gasteiger partial charge in [0.1, 0.15) is 0 Å². The van der Waals surface area contributed by atoms with E-state index in [-0.39, 0.29) is 17.1 Å². The molecule has 1 rings (SSSR count). The molecule has 0 aromatic carbocycles. The van der Waals surface area contributed by atoms with E-state index in [1.165, 1.54) is 32.1 Å². The molecule has 1 saturated carbocycles. The van der Waals surface area contributed by atoms with E-state index < -0.39 is 0 Å². The third-order valence-corrected chi connectivity index (χ3v) is 1.25. The van der Waals surface area contributed by atoms with Crippen LogP contribution in [-0.2, 0) is 17.1 Å². The summed E-state index contributed by atoms with van der Waals surface area (Å²) in [6.45, 7) is 0. The molecule has 6 heavy (non-hydrogen) atoms. The van der Waals surface area contributed by atoms with E-state index in [9.17, 15) is 0 Å². The van der Waals surface area contributed by atoms with Gasteiger partial charge in [0.15, 0.2) is 0 Å². The summed E-state index contributed by atoms with van der Waals surface area (Å²) in [5.41, 5.74) is 0. The van der Waals surface area contributed by atoms with Crippen LogP contribution in [0.15, 0.2) is 0 Å². The molecule has 0 bridgehead atoms. The van der Waals surface area contributed by atoms with Crippen molar-refractivity contribution >= 4 is 0 Å². The number of hydrogen-bond donors (Lipinski definition) is 0. The van der Waals surface area contributed by atoms with Crippen molar-refractivity contribution in [1.82, 2.24) is 0 Å². The third-order valence-electron chi connectivity index (χ3n) is 1.25. The molecule has 0 atom stereocenters. The van der Waals surface area contributed by atoms with Gasteiger partial charge in [-0.1, -0.05) is 32.1 Å². The number of hydrogen-bond acceptors (Lipinski definition) is 0. The van der Waals surface area contributed by atoms with E-state index >= 15 is 0 Å². The summed E-state index contributed by atoms with van der Waals surface area (Å²) in [6, 6.07) is 0. The van der Waals surface area contributed by atoms with Gasteiger partial charge < -0.3 is 0 Å². The summed E-state index contributed by atoms with van der Waals surface area (Å²) >= 11 is 0. The molecule has 0 aliphatic heterocycles. The van der Waals surface area contributed by atoms with Gasteiger partial charge in [0.25, 0.3) is 0 Å². The molecular weight excluding hydrogens is 115 g/mol. The third kappa shape index (κ3) is 1.84. The van der Waals surface area contributed by atoms with E-state index in [1.54, 1.807) is 0 Å². The minimum atomic E-state index is 0. The SMILES string of the molecule is C1CCCC1.[Mn]. The van der Waals surface area contributed by atoms with Gasteiger partial charge in [-0.25, -0.2) is 0 Å². The second kappa shape index (κ2) is 3.70. The van der Waals surface area contributed by atoms with E-state index in [1.807, 2.05) is 0 Å². The summed E-state index contributed by atoms with van der Waals surface area (Å²) in [7, 11) is 0. The van der Waals surface area contributed by atoms with Crippen LogP contribution in [0.3, 0.4) is 0 Å². The van der Waals surface area contributed by atoms with E-state index in [0.717, 1.165) is 0 Å². The zero-order valence-electron chi connectivity index (χ0n) is 3.91. The molecule has 0 heterocycles. The maximum absolute atomic E-state index is 1.50. The van der Waals surface area contributed by atoms with Crippen LogP contribution >= 0.6 is 0 Å². The normalized spacial score (nSPS) is 20.0. The zero-order valence-corrected chi connectivity index (χ0v) is 5.09. The second-order valence-electron chi connectivity index (χ2n) is 1.77. The molecule has 1 heteroatoms. The Morgan fingerprint density at radius 3 is 0.833 bits per heavy atom. The first-order valence-corrected chi connectivity index (χ1v) is 2.50. The fourth-order valence-corrected chi connectivity index (χ4v) is 0.884. The van der Waals surface area contributed by atoms with Crippen molar-refractivity contribution in [3.8, 4) is 0 Å². The van der Waals surface area contributed by atoms with Crippen LogP contribution < -0.4 is 0 Å². The van der Waals surface area contributed by atoms with Crippen LogP contribution in [-0.4, -0.2) is 0 Å². The van der Waals surface area contributed by atoms with Crippen molar-refractivity contribution in [2.75, 3.05) is 0 Å². The smallest absolute Gasteiger partial charge is 0 e. The summed E-state index contributed by atoms with van der Waals surface area (Å²) in [6.07, 6.45) is 7.50. The molecule has 0 N–H and O–H groups in total. The fraction of sp³-hybridized carbons (Fsp3) is 1.00. The molecule has 0 aromatic rings. The molecule has 0 nitrogen and oxygen atoms in total. The molecule has 0 aromatic heterocycles. The van der Waals surface area contributed by atoms with Crippen LogP contribution in [0.5, 0.6) is 0 Å². The molecule has 0 unspecified atom stereocenters. The van der Waals surface area contributed by atoms with Gasteiger partial charge in [0.2, 0.25) is 0 Å². The average molecular weight is 125 g/mol. The van der Waals surface area contributed by atoms with Crippen LogP contribution in [0.2, 0.25) is 0 Å². The molecule has 0 saturated heterocycles. The maximum Gasteiger partial charge on any atom is 0 e. The first kappa shape index (κ1) is 6.52. The van der Waals surface area contributed by atoms with Crippen molar-refractivity contribution in [3.63, 3.8) is 0 Å². The largest absolute Gasteiger partial charge is 0.0533 e. The van der Waals surface area contributed by atoms with Gasteiger partial charge in [0.05, 0.1) is 0 Å². The summed E-state index contributed by atoms with van der Waals surface area (Å²) in [5, 5.41) is 0. The van der Waals surface area contributed by atoms with E-state index in [0.29, 0.717) is 0 Å². The second-order valence-corrected chi connectivity index (χ2v) is 1.77. The Morgan fingerprint density at radius 1 is 0.500 bits per heavy atom. The molecule has 0 spiro atoms. The molecule has 1 radical (unpaired) electrons.